The molecule has 0 saturated heterocycles. The molecule has 0 saturated carbocycles. The summed E-state index contributed by atoms with van der Waals surface area (Å²) in [6, 6.07) is 21.5. The van der Waals surface area contributed by atoms with Crippen LogP contribution in [0.2, 0.25) is 0 Å². The Morgan fingerprint density at radius 2 is 1.72 bits per heavy atom. The van der Waals surface area contributed by atoms with Crippen LogP contribution in [0.4, 0.5) is 5.69 Å². The molecule has 146 valence electrons. The average Bonchev–Trinajstić information content (AvgIpc) is 3.25. The number of nitrogens with zero attached hydrogens (tertiary/aromatic N) is 3. The molecule has 2 N–H and O–H groups in total. The lowest BCUT2D eigenvalue weighted by Crippen LogP contribution is -1.99. The van der Waals surface area contributed by atoms with Gasteiger partial charge in [0.05, 0.1) is 20.4 Å². The highest BCUT2D eigenvalue weighted by molar-refractivity contribution is 7.99. The van der Waals surface area contributed by atoms with E-state index in [-0.39, 0.29) is 0 Å². The van der Waals surface area contributed by atoms with Crippen LogP contribution < -0.4 is 15.2 Å². The Bertz CT molecular complexity index is 1130. The smallest absolute Gasteiger partial charge is 0.148 e. The van der Waals surface area contributed by atoms with Gasteiger partial charge in [0.25, 0.3) is 0 Å². The van der Waals surface area contributed by atoms with E-state index < -0.39 is 0 Å². The SMILES string of the molecule is COc1ccc(-n2cc(-c3ccccc3Sc3ccc(N)cc3)nn2)c(OC)c1. The number of nitrogen functional groups attached to an aromatic ring is 1. The minimum Gasteiger partial charge on any atom is -0.497 e. The second-order valence-corrected chi connectivity index (χ2v) is 7.37. The van der Waals surface area contributed by atoms with Gasteiger partial charge in [0.15, 0.2) is 0 Å². The monoisotopic (exact) mass is 404 g/mol. The van der Waals surface area contributed by atoms with Gasteiger partial charge in [-0.05, 0) is 42.5 Å². The van der Waals surface area contributed by atoms with Crippen LogP contribution in [0.25, 0.3) is 16.9 Å². The van der Waals surface area contributed by atoms with Crippen LogP contribution in [0.15, 0.2) is 82.7 Å². The van der Waals surface area contributed by atoms with Gasteiger partial charge in [-0.15, -0.1) is 5.10 Å². The molecule has 0 bridgehead atoms. The molecule has 0 atom stereocenters. The summed E-state index contributed by atoms with van der Waals surface area (Å²) in [5.74, 6) is 1.38. The Morgan fingerprint density at radius 1 is 0.931 bits per heavy atom. The molecule has 4 rings (SSSR count). The summed E-state index contributed by atoms with van der Waals surface area (Å²) < 4.78 is 12.5. The molecule has 6 nitrogen and oxygen atoms in total. The summed E-state index contributed by atoms with van der Waals surface area (Å²) in [5.41, 5.74) is 9.12. The molecule has 1 heterocycles. The van der Waals surface area contributed by atoms with Crippen LogP contribution in [-0.2, 0) is 0 Å². The van der Waals surface area contributed by atoms with Gasteiger partial charge in [-0.1, -0.05) is 35.2 Å². The Hall–Kier alpha value is -3.45. The number of hydrogen-bond donors (Lipinski definition) is 1. The maximum atomic E-state index is 5.79. The van der Waals surface area contributed by atoms with Crippen LogP contribution in [0.3, 0.4) is 0 Å². The normalized spacial score (nSPS) is 10.7. The van der Waals surface area contributed by atoms with Crippen molar-refractivity contribution in [1.82, 2.24) is 15.0 Å². The molecule has 7 heteroatoms. The van der Waals surface area contributed by atoms with Crippen LogP contribution in [-0.4, -0.2) is 29.2 Å². The number of hydrogen-bond acceptors (Lipinski definition) is 6. The lowest BCUT2D eigenvalue weighted by Gasteiger charge is -2.09. The fourth-order valence-electron chi connectivity index (χ4n) is 2.91. The summed E-state index contributed by atoms with van der Waals surface area (Å²) in [5, 5.41) is 8.70. The lowest BCUT2D eigenvalue weighted by molar-refractivity contribution is 0.392. The zero-order valence-corrected chi connectivity index (χ0v) is 16.9. The van der Waals surface area contributed by atoms with Gasteiger partial charge in [0.1, 0.15) is 22.9 Å². The molecule has 0 spiro atoms. The van der Waals surface area contributed by atoms with Crippen molar-refractivity contribution in [3.63, 3.8) is 0 Å². The molecule has 0 amide bonds. The van der Waals surface area contributed by atoms with E-state index in [9.17, 15) is 0 Å². The first kappa shape index (κ1) is 18.9. The molecule has 0 radical (unpaired) electrons. The molecule has 29 heavy (non-hydrogen) atoms. The van der Waals surface area contributed by atoms with E-state index in [4.69, 9.17) is 15.2 Å². The highest BCUT2D eigenvalue weighted by atomic mass is 32.2. The van der Waals surface area contributed by atoms with Gasteiger partial charge in [0.2, 0.25) is 0 Å². The number of nitrogens with two attached hydrogens (primary N) is 1. The van der Waals surface area contributed by atoms with Crippen molar-refractivity contribution in [3.05, 3.63) is 72.9 Å². The third kappa shape index (κ3) is 4.05. The molecule has 0 unspecified atom stereocenters. The first-order chi connectivity index (χ1) is 14.2. The van der Waals surface area contributed by atoms with Crippen molar-refractivity contribution in [3.8, 4) is 28.4 Å². The maximum Gasteiger partial charge on any atom is 0.148 e. The molecule has 0 aliphatic heterocycles. The topological polar surface area (TPSA) is 75.2 Å². The van der Waals surface area contributed by atoms with Gasteiger partial charge in [-0.3, -0.25) is 0 Å². The third-order valence-corrected chi connectivity index (χ3v) is 5.48. The number of aromatic nitrogens is 3. The second-order valence-electron chi connectivity index (χ2n) is 6.25. The van der Waals surface area contributed by atoms with Gasteiger partial charge < -0.3 is 15.2 Å². The zero-order valence-electron chi connectivity index (χ0n) is 16.1. The van der Waals surface area contributed by atoms with Crippen LogP contribution in [0, 0.1) is 0 Å². The van der Waals surface area contributed by atoms with Gasteiger partial charge in [0, 0.05) is 27.1 Å². The van der Waals surface area contributed by atoms with Crippen LogP contribution >= 0.6 is 11.8 Å². The second kappa shape index (κ2) is 8.28. The lowest BCUT2D eigenvalue weighted by atomic mass is 10.2. The van der Waals surface area contributed by atoms with Crippen molar-refractivity contribution in [2.45, 2.75) is 9.79 Å². The molecular formula is C22H20N4O2S. The van der Waals surface area contributed by atoms with E-state index in [1.54, 1.807) is 30.7 Å². The van der Waals surface area contributed by atoms with Gasteiger partial charge >= 0.3 is 0 Å². The van der Waals surface area contributed by atoms with E-state index in [1.165, 1.54) is 0 Å². The standard InChI is InChI=1S/C22H20N4O2S/c1-27-16-9-12-20(21(13-16)28-2)26-14-19(24-25-26)18-5-3-4-6-22(18)29-17-10-7-15(23)8-11-17/h3-14H,23H2,1-2H3. The first-order valence-electron chi connectivity index (χ1n) is 8.95. The molecular weight excluding hydrogens is 384 g/mol. The average molecular weight is 404 g/mol. The molecule has 0 aliphatic carbocycles. The van der Waals surface area contributed by atoms with Crippen LogP contribution in [0.1, 0.15) is 0 Å². The van der Waals surface area contributed by atoms with E-state index >= 15 is 0 Å². The Balaban J connectivity index is 1.68. The Kier molecular flexibility index (Phi) is 5.39. The quantitative estimate of drug-likeness (QED) is 0.470. The fourth-order valence-corrected chi connectivity index (χ4v) is 3.86. The number of rotatable bonds is 6. The summed E-state index contributed by atoms with van der Waals surface area (Å²) >= 11 is 1.66. The molecule has 0 fully saturated rings. The predicted molar refractivity (Wildman–Crippen MR) is 115 cm³/mol. The fraction of sp³-hybridized carbons (Fsp3) is 0.0909. The number of methoxy groups -OCH3 is 2. The number of ether oxygens (including phenoxy) is 2. The summed E-state index contributed by atoms with van der Waals surface area (Å²) in [4.78, 5) is 2.20. The maximum absolute atomic E-state index is 5.79. The molecule has 1 aromatic heterocycles. The number of anilines is 1. The van der Waals surface area contributed by atoms with Crippen molar-refractivity contribution >= 4 is 17.4 Å². The predicted octanol–water partition coefficient (Wildman–Crippen LogP) is 4.68. The summed E-state index contributed by atoms with van der Waals surface area (Å²) in [6.07, 6.45) is 1.90. The molecule has 3 aromatic carbocycles. The van der Waals surface area contributed by atoms with Gasteiger partial charge in [-0.25, -0.2) is 4.68 Å². The number of benzene rings is 3. The third-order valence-electron chi connectivity index (χ3n) is 4.40. The van der Waals surface area contributed by atoms with Crippen molar-refractivity contribution in [2.24, 2.45) is 0 Å². The minimum absolute atomic E-state index is 0.658. The summed E-state index contributed by atoms with van der Waals surface area (Å²) in [6.45, 7) is 0. The van der Waals surface area contributed by atoms with E-state index in [2.05, 4.69) is 16.4 Å². The highest BCUT2D eigenvalue weighted by Crippen LogP contribution is 2.36. The largest absolute Gasteiger partial charge is 0.497 e. The summed E-state index contributed by atoms with van der Waals surface area (Å²) in [7, 11) is 3.24. The van der Waals surface area contributed by atoms with Crippen molar-refractivity contribution in [1.29, 1.82) is 0 Å². The van der Waals surface area contributed by atoms with Gasteiger partial charge in [-0.2, -0.15) is 0 Å². The van der Waals surface area contributed by atoms with Crippen molar-refractivity contribution < 1.29 is 9.47 Å². The van der Waals surface area contributed by atoms with E-state index in [1.807, 2.05) is 66.9 Å². The van der Waals surface area contributed by atoms with E-state index in [0.29, 0.717) is 5.75 Å². The van der Waals surface area contributed by atoms with Crippen LogP contribution in [0.5, 0.6) is 11.5 Å². The first-order valence-corrected chi connectivity index (χ1v) is 9.77. The highest BCUT2D eigenvalue weighted by Gasteiger charge is 2.13. The Morgan fingerprint density at radius 3 is 2.48 bits per heavy atom. The minimum atomic E-state index is 0.658. The van der Waals surface area contributed by atoms with E-state index in [0.717, 1.165) is 38.2 Å². The van der Waals surface area contributed by atoms with Crippen molar-refractivity contribution in [2.75, 3.05) is 20.0 Å². The molecule has 4 aromatic rings. The molecule has 0 aliphatic rings. The Labute approximate surface area is 173 Å². The zero-order chi connectivity index (χ0) is 20.2.